The summed E-state index contributed by atoms with van der Waals surface area (Å²) in [6, 6.07) is 6.51. The number of anilines is 1. The second-order valence-electron chi connectivity index (χ2n) is 6.89. The molecule has 12 heteroatoms. The predicted molar refractivity (Wildman–Crippen MR) is 121 cm³/mol. The minimum atomic E-state index is -0.534. The zero-order chi connectivity index (χ0) is 24.1. The molecule has 0 aliphatic carbocycles. The number of hydrogen-bond acceptors (Lipinski definition) is 6. The Bertz CT molecular complexity index is 1220. The summed E-state index contributed by atoms with van der Waals surface area (Å²) >= 11 is 12.4. The van der Waals surface area contributed by atoms with E-state index in [1.54, 1.807) is 38.2 Å². The zero-order valence-corrected chi connectivity index (χ0v) is 19.5. The summed E-state index contributed by atoms with van der Waals surface area (Å²) in [5.74, 6) is -1.04. The molecule has 0 bridgehead atoms. The van der Waals surface area contributed by atoms with E-state index in [2.05, 4.69) is 4.98 Å². The van der Waals surface area contributed by atoms with Crippen molar-refractivity contribution in [3.05, 3.63) is 69.3 Å². The summed E-state index contributed by atoms with van der Waals surface area (Å²) in [5.41, 5.74) is 0.565. The highest BCUT2D eigenvalue weighted by Crippen LogP contribution is 2.25. The predicted octanol–water partition coefficient (Wildman–Crippen LogP) is 1.37. The number of ether oxygens (including phenoxy) is 1. The van der Waals surface area contributed by atoms with E-state index in [9.17, 15) is 19.5 Å². The van der Waals surface area contributed by atoms with Crippen LogP contribution in [0.2, 0.25) is 10.3 Å². The van der Waals surface area contributed by atoms with E-state index >= 15 is 0 Å². The number of aliphatic hydroxyl groups excluding tert-OH is 1. The smallest absolute Gasteiger partial charge is 0.333 e. The number of aryl methyl sites for hydroxylation is 1. The van der Waals surface area contributed by atoms with Gasteiger partial charge in [0.25, 0.3) is 17.4 Å². The van der Waals surface area contributed by atoms with E-state index in [1.165, 1.54) is 37.3 Å². The molecule has 10 nitrogen and oxygen atoms in total. The number of carbonyl (C=O) groups is 2. The minimum absolute atomic E-state index is 0.00752. The minimum Gasteiger partial charge on any atom is -0.465 e. The first-order valence-corrected chi connectivity index (χ1v) is 10.7. The fraction of sp³-hybridized carbons (Fsp3) is 0.286. The van der Waals surface area contributed by atoms with E-state index in [0.717, 1.165) is 0 Å². The van der Waals surface area contributed by atoms with Crippen LogP contribution >= 0.6 is 23.2 Å². The van der Waals surface area contributed by atoms with Gasteiger partial charge in [-0.05, 0) is 59.4 Å². The van der Waals surface area contributed by atoms with Gasteiger partial charge in [0.2, 0.25) is 5.15 Å². The number of halogens is 2. The fourth-order valence-corrected chi connectivity index (χ4v) is 3.62. The molecule has 1 amide bonds. The summed E-state index contributed by atoms with van der Waals surface area (Å²) in [7, 11) is 1.62. The average Bonchev–Trinajstić information content (AvgIpc) is 3.15. The molecule has 0 unspecified atom stereocenters. The number of hydrogen-bond donors (Lipinski definition) is 1. The number of nitrogens with zero attached hydrogens (tertiary/aromatic N) is 5. The van der Waals surface area contributed by atoms with Crippen LogP contribution in [0.4, 0.5) is 5.69 Å². The Kier molecular flexibility index (Phi) is 7.85. The van der Waals surface area contributed by atoms with Crippen LogP contribution < -0.4 is 15.2 Å². The molecule has 0 aliphatic heterocycles. The molecule has 174 valence electrons. The number of imidazole rings is 1. The topological polar surface area (TPSA) is 111 Å². The zero-order valence-electron chi connectivity index (χ0n) is 17.9. The molecule has 0 fully saturated rings. The second kappa shape index (κ2) is 10.6. The van der Waals surface area contributed by atoms with Crippen LogP contribution in [0.5, 0.6) is 0 Å². The highest BCUT2D eigenvalue weighted by molar-refractivity contribution is 6.38. The summed E-state index contributed by atoms with van der Waals surface area (Å²) in [4.78, 5) is 42.7. The van der Waals surface area contributed by atoms with Crippen molar-refractivity contribution < 1.29 is 24.0 Å². The molecule has 3 rings (SSSR count). The Morgan fingerprint density at radius 2 is 1.91 bits per heavy atom. The Hall–Kier alpha value is -3.21. The largest absolute Gasteiger partial charge is 0.465 e. The number of aliphatic hydroxyl groups is 1. The molecule has 0 radical (unpaired) electrons. The van der Waals surface area contributed by atoms with Crippen molar-refractivity contribution in [2.75, 3.05) is 24.7 Å². The number of aromatic nitrogens is 4. The number of rotatable bonds is 8. The van der Waals surface area contributed by atoms with Gasteiger partial charge in [-0.25, -0.2) is 9.36 Å². The van der Waals surface area contributed by atoms with Crippen LogP contribution in [0.15, 0.2) is 47.8 Å². The molecule has 2 heterocycles. The molecule has 3 aromatic rings. The van der Waals surface area contributed by atoms with Crippen LogP contribution in [0.1, 0.15) is 17.3 Å². The quantitative estimate of drug-likeness (QED) is 0.287. The molecule has 0 saturated carbocycles. The molecule has 0 atom stereocenters. The summed E-state index contributed by atoms with van der Waals surface area (Å²) in [5, 5.41) is 9.55. The first-order valence-electron chi connectivity index (χ1n) is 9.94. The average molecular weight is 495 g/mol. The highest BCUT2D eigenvalue weighted by Gasteiger charge is 2.28. The Morgan fingerprint density at radius 3 is 2.55 bits per heavy atom. The van der Waals surface area contributed by atoms with Gasteiger partial charge in [-0.3, -0.25) is 18.7 Å². The monoisotopic (exact) mass is 494 g/mol. The van der Waals surface area contributed by atoms with Crippen LogP contribution in [0.25, 0.3) is 5.69 Å². The van der Waals surface area contributed by atoms with E-state index in [0.29, 0.717) is 11.4 Å². The van der Waals surface area contributed by atoms with E-state index in [4.69, 9.17) is 27.9 Å². The van der Waals surface area contributed by atoms with Crippen LogP contribution in [0.3, 0.4) is 0 Å². The molecular weight excluding hydrogens is 473 g/mol. The Balaban J connectivity index is 1.90. The Labute approximate surface area is 199 Å². The van der Waals surface area contributed by atoms with Crippen LogP contribution in [-0.2, 0) is 23.1 Å². The number of esters is 1. The van der Waals surface area contributed by atoms with Gasteiger partial charge in [0, 0.05) is 24.6 Å². The standard InChI is InChI=1S/C21H22Cl2N5O5/c1-3-33-16(30)12-26-8-9-28(21(26)32)15-6-4-14(5-7-15)27(10-11-29)20(31)17-18(22)24-13-25(2)19(17)23/h4-9,13,29H,3,10-12H2,1-2H3/q+1. The maximum atomic E-state index is 13.2. The maximum Gasteiger partial charge on any atom is 0.333 e. The summed E-state index contributed by atoms with van der Waals surface area (Å²) in [6.07, 6.45) is 4.40. The van der Waals surface area contributed by atoms with Gasteiger partial charge < -0.3 is 14.7 Å². The molecule has 2 aromatic heterocycles. The van der Waals surface area contributed by atoms with Crippen molar-refractivity contribution in [3.63, 3.8) is 0 Å². The second-order valence-corrected chi connectivity index (χ2v) is 7.61. The lowest BCUT2D eigenvalue weighted by Crippen LogP contribution is -2.38. The lowest BCUT2D eigenvalue weighted by molar-refractivity contribution is -0.672. The van der Waals surface area contributed by atoms with Crippen molar-refractivity contribution in [1.29, 1.82) is 0 Å². The van der Waals surface area contributed by atoms with Crippen LogP contribution in [-0.4, -0.2) is 50.9 Å². The molecular formula is C21H22Cl2N5O5+. The van der Waals surface area contributed by atoms with Gasteiger partial charge in [0.15, 0.2) is 5.56 Å². The number of carbonyl (C=O) groups excluding carboxylic acids is 2. The lowest BCUT2D eigenvalue weighted by Gasteiger charge is -2.22. The van der Waals surface area contributed by atoms with Crippen molar-refractivity contribution in [1.82, 2.24) is 14.1 Å². The molecule has 0 spiro atoms. The first kappa shape index (κ1) is 24.4. The summed E-state index contributed by atoms with van der Waals surface area (Å²) < 4.78 is 8.92. The number of benzene rings is 1. The Morgan fingerprint density at radius 1 is 1.21 bits per heavy atom. The first-order chi connectivity index (χ1) is 15.8. The maximum absolute atomic E-state index is 13.2. The van der Waals surface area contributed by atoms with Gasteiger partial charge in [-0.1, -0.05) is 0 Å². The third-order valence-electron chi connectivity index (χ3n) is 4.74. The molecule has 1 aromatic carbocycles. The fourth-order valence-electron chi connectivity index (χ4n) is 3.14. The van der Waals surface area contributed by atoms with E-state index in [-0.39, 0.29) is 42.2 Å². The van der Waals surface area contributed by atoms with E-state index in [1.807, 2.05) is 0 Å². The van der Waals surface area contributed by atoms with Crippen molar-refractivity contribution in [3.8, 4) is 5.69 Å². The van der Waals surface area contributed by atoms with Gasteiger partial charge in [-0.2, -0.15) is 0 Å². The van der Waals surface area contributed by atoms with Gasteiger partial charge in [-0.15, -0.1) is 0 Å². The van der Waals surface area contributed by atoms with E-state index < -0.39 is 17.6 Å². The molecule has 0 aliphatic rings. The van der Waals surface area contributed by atoms with Crippen molar-refractivity contribution in [2.45, 2.75) is 13.5 Å². The molecule has 0 saturated heterocycles. The van der Waals surface area contributed by atoms with Gasteiger partial charge >= 0.3 is 11.7 Å². The summed E-state index contributed by atoms with van der Waals surface area (Å²) in [6.45, 7) is 1.41. The molecule has 1 N–H and O–H groups in total. The normalized spacial score (nSPS) is 10.8. The third-order valence-corrected chi connectivity index (χ3v) is 5.48. The van der Waals surface area contributed by atoms with Crippen molar-refractivity contribution in [2.24, 2.45) is 7.05 Å². The van der Waals surface area contributed by atoms with Gasteiger partial charge in [0.1, 0.15) is 6.54 Å². The van der Waals surface area contributed by atoms with Gasteiger partial charge in [0.05, 0.1) is 25.9 Å². The number of amides is 1. The SMILES string of the molecule is CCOC(=O)Cn1ccn(-c2ccc(N(CCO)C(=O)c3c(Cl)nc[n+](C)c3Cl)cc2)c1=O. The third kappa shape index (κ3) is 5.24. The highest BCUT2D eigenvalue weighted by atomic mass is 35.5. The van der Waals surface area contributed by atoms with Crippen molar-refractivity contribution >= 4 is 40.8 Å². The molecule has 33 heavy (non-hydrogen) atoms. The lowest BCUT2D eigenvalue weighted by atomic mass is 10.2. The van der Waals surface area contributed by atoms with Crippen LogP contribution in [0, 0.1) is 0 Å².